The summed E-state index contributed by atoms with van der Waals surface area (Å²) in [6.45, 7) is 7.37. The van der Waals surface area contributed by atoms with Crippen LogP contribution in [-0.4, -0.2) is 17.8 Å². The van der Waals surface area contributed by atoms with Gasteiger partial charge >= 0.3 is 0 Å². The lowest BCUT2D eigenvalue weighted by molar-refractivity contribution is 0.210. The molecular formula is C13H21NO. The normalized spacial score (nSPS) is 13.1. The summed E-state index contributed by atoms with van der Waals surface area (Å²) >= 11 is 0. The van der Waals surface area contributed by atoms with Crippen LogP contribution < -0.4 is 5.32 Å². The van der Waals surface area contributed by atoms with Crippen molar-refractivity contribution < 1.29 is 5.11 Å². The van der Waals surface area contributed by atoms with Crippen LogP contribution in [0.25, 0.3) is 0 Å². The molecule has 0 bridgehead atoms. The number of hydrogen-bond donors (Lipinski definition) is 2. The first kappa shape index (κ1) is 12.2. The van der Waals surface area contributed by atoms with E-state index in [1.807, 2.05) is 12.1 Å². The molecule has 2 heteroatoms. The Hall–Kier alpha value is -0.860. The Bertz CT molecular complexity index is 296. The van der Waals surface area contributed by atoms with Crippen molar-refractivity contribution in [1.82, 2.24) is 5.32 Å². The highest BCUT2D eigenvalue weighted by atomic mass is 16.3. The fraction of sp³-hybridized carbons (Fsp3) is 0.538. The fourth-order valence-electron chi connectivity index (χ4n) is 1.56. The summed E-state index contributed by atoms with van der Waals surface area (Å²) in [6.07, 6.45) is 0. The van der Waals surface area contributed by atoms with Gasteiger partial charge in [-0.2, -0.15) is 0 Å². The Morgan fingerprint density at radius 3 is 2.47 bits per heavy atom. The first-order chi connectivity index (χ1) is 7.15. The van der Waals surface area contributed by atoms with Gasteiger partial charge in [-0.1, -0.05) is 38.1 Å². The minimum absolute atomic E-state index is 0.185. The van der Waals surface area contributed by atoms with Crippen LogP contribution in [0.3, 0.4) is 0 Å². The molecule has 0 spiro atoms. The van der Waals surface area contributed by atoms with Crippen LogP contribution in [0, 0.1) is 12.8 Å². The molecule has 0 unspecified atom stereocenters. The van der Waals surface area contributed by atoms with E-state index in [1.165, 1.54) is 11.1 Å². The highest BCUT2D eigenvalue weighted by Gasteiger charge is 2.11. The summed E-state index contributed by atoms with van der Waals surface area (Å²) in [5.74, 6) is 0.457. The van der Waals surface area contributed by atoms with Crippen molar-refractivity contribution in [3.05, 3.63) is 35.4 Å². The van der Waals surface area contributed by atoms with Crippen LogP contribution in [0.4, 0.5) is 0 Å². The molecule has 0 aliphatic rings. The quantitative estimate of drug-likeness (QED) is 0.775. The van der Waals surface area contributed by atoms with Crippen LogP contribution >= 0.6 is 0 Å². The van der Waals surface area contributed by atoms with E-state index in [2.05, 4.69) is 38.2 Å². The van der Waals surface area contributed by atoms with Gasteiger partial charge in [0.05, 0.1) is 6.61 Å². The van der Waals surface area contributed by atoms with Gasteiger partial charge < -0.3 is 10.4 Å². The van der Waals surface area contributed by atoms with E-state index in [-0.39, 0.29) is 12.6 Å². The van der Waals surface area contributed by atoms with E-state index in [9.17, 15) is 5.11 Å². The maximum Gasteiger partial charge on any atom is 0.0587 e. The predicted molar refractivity (Wildman–Crippen MR) is 63.7 cm³/mol. The maximum absolute atomic E-state index is 9.18. The fourth-order valence-corrected chi connectivity index (χ4v) is 1.56. The molecule has 0 aliphatic heterocycles. The molecule has 0 fully saturated rings. The van der Waals surface area contributed by atoms with E-state index in [0.717, 1.165) is 6.54 Å². The van der Waals surface area contributed by atoms with Gasteiger partial charge in [-0.25, -0.2) is 0 Å². The smallest absolute Gasteiger partial charge is 0.0587 e. The molecule has 84 valence electrons. The number of aliphatic hydroxyl groups excluding tert-OH is 1. The molecule has 0 amide bonds. The van der Waals surface area contributed by atoms with E-state index in [0.29, 0.717) is 5.92 Å². The molecule has 15 heavy (non-hydrogen) atoms. The second-order valence-corrected chi connectivity index (χ2v) is 4.34. The third kappa shape index (κ3) is 3.65. The number of aliphatic hydroxyl groups is 1. The first-order valence-electron chi connectivity index (χ1n) is 5.54. The molecule has 0 heterocycles. The number of rotatable bonds is 5. The average molecular weight is 207 g/mol. The molecule has 1 aromatic carbocycles. The second-order valence-electron chi connectivity index (χ2n) is 4.34. The molecule has 0 aromatic heterocycles. The number of hydrogen-bond acceptors (Lipinski definition) is 2. The third-order valence-electron chi connectivity index (χ3n) is 2.82. The van der Waals surface area contributed by atoms with Crippen LogP contribution in [0.5, 0.6) is 0 Å². The lowest BCUT2D eigenvalue weighted by atomic mass is 10.0. The Kier molecular flexibility index (Phi) is 4.79. The molecular weight excluding hydrogens is 186 g/mol. The topological polar surface area (TPSA) is 32.3 Å². The number of aryl methyl sites for hydroxylation is 1. The summed E-state index contributed by atoms with van der Waals surface area (Å²) in [5, 5.41) is 12.6. The predicted octanol–water partition coefficient (Wildman–Crippen LogP) is 2.10. The standard InChI is InChI=1S/C13H21NO/c1-10(2)13(9-15)14-8-12-7-5-4-6-11(12)3/h4-7,10,13-15H,8-9H2,1-3H3/t13-/m1/s1. The minimum atomic E-state index is 0.185. The van der Waals surface area contributed by atoms with E-state index in [4.69, 9.17) is 0 Å². The van der Waals surface area contributed by atoms with Gasteiger partial charge in [0.2, 0.25) is 0 Å². The summed E-state index contributed by atoms with van der Waals surface area (Å²) in [7, 11) is 0. The molecule has 0 saturated carbocycles. The molecule has 1 rings (SSSR count). The minimum Gasteiger partial charge on any atom is -0.395 e. The van der Waals surface area contributed by atoms with Crippen LogP contribution in [0.2, 0.25) is 0 Å². The number of nitrogens with one attached hydrogen (secondary N) is 1. The van der Waals surface area contributed by atoms with Gasteiger partial charge in [-0.05, 0) is 24.0 Å². The van der Waals surface area contributed by atoms with Gasteiger partial charge in [-0.3, -0.25) is 0 Å². The van der Waals surface area contributed by atoms with Crippen LogP contribution in [0.15, 0.2) is 24.3 Å². The van der Waals surface area contributed by atoms with Crippen molar-refractivity contribution in [3.8, 4) is 0 Å². The molecule has 0 aliphatic carbocycles. The Morgan fingerprint density at radius 2 is 1.93 bits per heavy atom. The van der Waals surface area contributed by atoms with Gasteiger partial charge in [0.15, 0.2) is 0 Å². The molecule has 0 radical (unpaired) electrons. The van der Waals surface area contributed by atoms with Crippen molar-refractivity contribution in [2.24, 2.45) is 5.92 Å². The summed E-state index contributed by atoms with van der Waals surface area (Å²) in [4.78, 5) is 0. The van der Waals surface area contributed by atoms with E-state index < -0.39 is 0 Å². The van der Waals surface area contributed by atoms with Crippen molar-refractivity contribution in [1.29, 1.82) is 0 Å². The second kappa shape index (κ2) is 5.89. The highest BCUT2D eigenvalue weighted by Crippen LogP contribution is 2.08. The van der Waals surface area contributed by atoms with Gasteiger partial charge in [0, 0.05) is 12.6 Å². The van der Waals surface area contributed by atoms with Gasteiger partial charge in [-0.15, -0.1) is 0 Å². The lowest BCUT2D eigenvalue weighted by Gasteiger charge is -2.20. The third-order valence-corrected chi connectivity index (χ3v) is 2.82. The Morgan fingerprint density at radius 1 is 1.27 bits per heavy atom. The first-order valence-corrected chi connectivity index (χ1v) is 5.54. The van der Waals surface area contributed by atoms with Gasteiger partial charge in [0.1, 0.15) is 0 Å². The van der Waals surface area contributed by atoms with Crippen molar-refractivity contribution in [3.63, 3.8) is 0 Å². The highest BCUT2D eigenvalue weighted by molar-refractivity contribution is 5.25. The zero-order valence-corrected chi connectivity index (χ0v) is 9.83. The van der Waals surface area contributed by atoms with Gasteiger partial charge in [0.25, 0.3) is 0 Å². The zero-order valence-electron chi connectivity index (χ0n) is 9.83. The van der Waals surface area contributed by atoms with E-state index >= 15 is 0 Å². The number of benzene rings is 1. The summed E-state index contributed by atoms with van der Waals surface area (Å²) < 4.78 is 0. The Labute approximate surface area is 92.3 Å². The molecule has 2 N–H and O–H groups in total. The average Bonchev–Trinajstić information content (AvgIpc) is 2.21. The molecule has 2 nitrogen and oxygen atoms in total. The monoisotopic (exact) mass is 207 g/mol. The molecule has 1 aromatic rings. The van der Waals surface area contributed by atoms with Crippen LogP contribution in [0.1, 0.15) is 25.0 Å². The summed E-state index contributed by atoms with van der Waals surface area (Å²) in [5.41, 5.74) is 2.60. The lowest BCUT2D eigenvalue weighted by Crippen LogP contribution is -2.36. The zero-order chi connectivity index (χ0) is 11.3. The largest absolute Gasteiger partial charge is 0.395 e. The van der Waals surface area contributed by atoms with Crippen molar-refractivity contribution in [2.75, 3.05) is 6.61 Å². The van der Waals surface area contributed by atoms with E-state index in [1.54, 1.807) is 0 Å². The molecule has 0 saturated heterocycles. The van der Waals surface area contributed by atoms with Crippen LogP contribution in [-0.2, 0) is 6.54 Å². The van der Waals surface area contributed by atoms with Crippen molar-refractivity contribution >= 4 is 0 Å². The SMILES string of the molecule is Cc1ccccc1CN[C@H](CO)C(C)C. The molecule has 1 atom stereocenters. The Balaban J connectivity index is 2.53. The summed E-state index contributed by atoms with van der Waals surface area (Å²) in [6, 6.07) is 8.51. The maximum atomic E-state index is 9.18. The van der Waals surface area contributed by atoms with Crippen molar-refractivity contribution in [2.45, 2.75) is 33.4 Å².